The van der Waals surface area contributed by atoms with Crippen molar-refractivity contribution in [2.45, 2.75) is 6.04 Å². The molecular weight excluding hydrogens is 394 g/mol. The number of likely N-dealkylation sites (N-methyl/N-ethyl adjacent to an activating group) is 1. The Morgan fingerprint density at radius 3 is 2.66 bits per heavy atom. The summed E-state index contributed by atoms with van der Waals surface area (Å²) in [5.41, 5.74) is 1.56. The smallest absolute Gasteiger partial charge is 0.325 e. The van der Waals surface area contributed by atoms with Crippen LogP contribution >= 0.6 is 11.6 Å². The van der Waals surface area contributed by atoms with Gasteiger partial charge in [-0.1, -0.05) is 17.7 Å². The number of nitrogens with one attached hydrogen (secondary N) is 2. The molecule has 0 spiro atoms. The molecule has 1 saturated heterocycles. The van der Waals surface area contributed by atoms with E-state index in [9.17, 15) is 14.7 Å². The van der Waals surface area contributed by atoms with E-state index in [1.165, 1.54) is 0 Å². The van der Waals surface area contributed by atoms with Crippen molar-refractivity contribution in [1.82, 2.24) is 25.0 Å². The van der Waals surface area contributed by atoms with Crippen molar-refractivity contribution in [2.24, 2.45) is 0 Å². The van der Waals surface area contributed by atoms with Gasteiger partial charge in [0.05, 0.1) is 6.54 Å². The number of H-pyrrole nitrogens is 1. The van der Waals surface area contributed by atoms with Gasteiger partial charge in [-0.05, 0) is 26.2 Å². The fraction of sp³-hybridized carbons (Fsp3) is 0.500. The summed E-state index contributed by atoms with van der Waals surface area (Å²) in [6, 6.07) is 4.69. The van der Waals surface area contributed by atoms with Crippen LogP contribution in [0, 0.1) is 0 Å². The predicted molar refractivity (Wildman–Crippen MR) is 113 cm³/mol. The van der Waals surface area contributed by atoms with E-state index in [-0.39, 0.29) is 5.91 Å². The van der Waals surface area contributed by atoms with Gasteiger partial charge in [0.1, 0.15) is 6.04 Å². The Balaban J connectivity index is 1.60. The van der Waals surface area contributed by atoms with Crippen LogP contribution in [-0.2, 0) is 9.59 Å². The second-order valence-corrected chi connectivity index (χ2v) is 8.08. The number of carbonyl (C=O) groups excluding carboxylic acids is 1. The number of fused-ring (bicyclic) bond motifs is 1. The van der Waals surface area contributed by atoms with Gasteiger partial charge in [-0.15, -0.1) is 0 Å². The molecule has 0 aliphatic carbocycles. The van der Waals surface area contributed by atoms with E-state index in [0.717, 1.165) is 23.0 Å². The van der Waals surface area contributed by atoms with Crippen LogP contribution in [0.15, 0.2) is 24.4 Å². The Labute approximate surface area is 175 Å². The standard InChI is InChI=1S/C20H28ClN5O3/c1-24(2)6-5-22-18(27)13-25-7-9-26(10-8-25)19(20(28)29)16-12-23-17-11-14(21)3-4-15(16)17/h3-4,11-12,19,23H,5-10,13H2,1-2H3,(H,22,27)(H,28,29). The highest BCUT2D eigenvalue weighted by Gasteiger charge is 2.32. The largest absolute Gasteiger partial charge is 0.480 e. The molecule has 1 aromatic carbocycles. The highest BCUT2D eigenvalue weighted by atomic mass is 35.5. The van der Waals surface area contributed by atoms with E-state index in [1.807, 2.05) is 30.0 Å². The van der Waals surface area contributed by atoms with Crippen LogP contribution in [0.1, 0.15) is 11.6 Å². The van der Waals surface area contributed by atoms with Crippen molar-refractivity contribution in [1.29, 1.82) is 0 Å². The van der Waals surface area contributed by atoms with E-state index in [2.05, 4.69) is 15.2 Å². The molecule has 1 fully saturated rings. The first kappa shape index (κ1) is 21.6. The van der Waals surface area contributed by atoms with Crippen molar-refractivity contribution < 1.29 is 14.7 Å². The minimum atomic E-state index is -0.879. The number of aromatic nitrogens is 1. The van der Waals surface area contributed by atoms with Crippen LogP contribution in [0.4, 0.5) is 0 Å². The molecule has 0 saturated carbocycles. The van der Waals surface area contributed by atoms with Gasteiger partial charge < -0.3 is 20.3 Å². The van der Waals surface area contributed by atoms with Crippen molar-refractivity contribution >= 4 is 34.4 Å². The quantitative estimate of drug-likeness (QED) is 0.594. The van der Waals surface area contributed by atoms with Crippen LogP contribution in [0.5, 0.6) is 0 Å². The van der Waals surface area contributed by atoms with Gasteiger partial charge in [-0.2, -0.15) is 0 Å². The summed E-state index contributed by atoms with van der Waals surface area (Å²) < 4.78 is 0. The number of benzene rings is 1. The SMILES string of the molecule is CN(C)CCNC(=O)CN1CCN(C(C(=O)O)c2c[nH]c3cc(Cl)ccc23)CC1. The summed E-state index contributed by atoms with van der Waals surface area (Å²) >= 11 is 6.04. The molecule has 29 heavy (non-hydrogen) atoms. The summed E-state index contributed by atoms with van der Waals surface area (Å²) in [4.78, 5) is 33.3. The molecule has 1 aliphatic rings. The lowest BCUT2D eigenvalue weighted by Gasteiger charge is -2.37. The Morgan fingerprint density at radius 2 is 2.00 bits per heavy atom. The number of piperazine rings is 1. The molecule has 1 aromatic heterocycles. The van der Waals surface area contributed by atoms with Crippen LogP contribution < -0.4 is 5.32 Å². The highest BCUT2D eigenvalue weighted by Crippen LogP contribution is 2.30. The molecule has 1 amide bonds. The van der Waals surface area contributed by atoms with E-state index < -0.39 is 12.0 Å². The molecule has 3 N–H and O–H groups in total. The van der Waals surface area contributed by atoms with Gasteiger partial charge in [-0.3, -0.25) is 19.4 Å². The average molecular weight is 422 g/mol. The summed E-state index contributed by atoms with van der Waals surface area (Å²) in [6.07, 6.45) is 1.75. The monoisotopic (exact) mass is 421 g/mol. The topological polar surface area (TPSA) is 91.9 Å². The second kappa shape index (κ2) is 9.58. The summed E-state index contributed by atoms with van der Waals surface area (Å²) in [7, 11) is 3.93. The fourth-order valence-electron chi connectivity index (χ4n) is 3.69. The van der Waals surface area contributed by atoms with Crippen LogP contribution in [0.2, 0.25) is 5.02 Å². The molecule has 1 atom stereocenters. The summed E-state index contributed by atoms with van der Waals surface area (Å²) in [6.45, 7) is 4.24. The highest BCUT2D eigenvalue weighted by molar-refractivity contribution is 6.31. The summed E-state index contributed by atoms with van der Waals surface area (Å²) in [5.74, 6) is -0.876. The maximum absolute atomic E-state index is 12.1. The maximum atomic E-state index is 12.1. The lowest BCUT2D eigenvalue weighted by molar-refractivity contribution is -0.144. The molecule has 8 nitrogen and oxygen atoms in total. The molecule has 158 valence electrons. The number of rotatable bonds is 8. The molecule has 1 aliphatic heterocycles. The van der Waals surface area contributed by atoms with Gasteiger partial charge in [0.15, 0.2) is 0 Å². The molecule has 2 aromatic rings. The van der Waals surface area contributed by atoms with Crippen LogP contribution in [0.3, 0.4) is 0 Å². The lowest BCUT2D eigenvalue weighted by atomic mass is 10.0. The average Bonchev–Trinajstić information content (AvgIpc) is 3.05. The van der Waals surface area contributed by atoms with E-state index in [1.54, 1.807) is 18.3 Å². The normalized spacial score (nSPS) is 17.0. The number of aromatic amines is 1. The van der Waals surface area contributed by atoms with Gasteiger partial charge in [0, 0.05) is 67.0 Å². The van der Waals surface area contributed by atoms with E-state index in [4.69, 9.17) is 11.6 Å². The number of aliphatic carboxylic acids is 1. The number of halogens is 1. The summed E-state index contributed by atoms with van der Waals surface area (Å²) in [5, 5.41) is 14.3. The molecule has 3 rings (SSSR count). The minimum absolute atomic E-state index is 0.00333. The van der Waals surface area contributed by atoms with E-state index >= 15 is 0 Å². The third-order valence-corrected chi connectivity index (χ3v) is 5.46. The Morgan fingerprint density at radius 1 is 1.28 bits per heavy atom. The number of hydrogen-bond acceptors (Lipinski definition) is 5. The zero-order valence-electron chi connectivity index (χ0n) is 16.8. The Kier molecular flexibility index (Phi) is 7.13. The number of amides is 1. The van der Waals surface area contributed by atoms with Gasteiger partial charge >= 0.3 is 5.97 Å². The second-order valence-electron chi connectivity index (χ2n) is 7.64. The predicted octanol–water partition coefficient (Wildman–Crippen LogP) is 1.24. The van der Waals surface area contributed by atoms with Gasteiger partial charge in [0.2, 0.25) is 5.91 Å². The van der Waals surface area contributed by atoms with Crippen molar-refractivity contribution in [3.8, 4) is 0 Å². The first-order chi connectivity index (χ1) is 13.8. The fourth-order valence-corrected chi connectivity index (χ4v) is 3.86. The molecule has 0 bridgehead atoms. The first-order valence-corrected chi connectivity index (χ1v) is 10.1. The van der Waals surface area contributed by atoms with Crippen LogP contribution in [-0.4, -0.2) is 96.6 Å². The van der Waals surface area contributed by atoms with Crippen LogP contribution in [0.25, 0.3) is 10.9 Å². The third-order valence-electron chi connectivity index (χ3n) is 5.22. The van der Waals surface area contributed by atoms with E-state index in [0.29, 0.717) is 44.3 Å². The van der Waals surface area contributed by atoms with Crippen molar-refractivity contribution in [3.63, 3.8) is 0 Å². The number of nitrogens with zero attached hydrogens (tertiary/aromatic N) is 3. The first-order valence-electron chi connectivity index (χ1n) is 9.72. The Hall–Kier alpha value is -2.13. The zero-order chi connectivity index (χ0) is 21.0. The number of carboxylic acids is 1. The third kappa shape index (κ3) is 5.48. The molecule has 2 heterocycles. The molecular formula is C20H28ClN5O3. The maximum Gasteiger partial charge on any atom is 0.325 e. The molecule has 1 unspecified atom stereocenters. The molecule has 0 radical (unpaired) electrons. The number of hydrogen-bond donors (Lipinski definition) is 3. The zero-order valence-corrected chi connectivity index (χ0v) is 17.6. The van der Waals surface area contributed by atoms with Crippen molar-refractivity contribution in [2.75, 3.05) is 59.9 Å². The lowest BCUT2D eigenvalue weighted by Crippen LogP contribution is -2.51. The van der Waals surface area contributed by atoms with Gasteiger partial charge in [-0.25, -0.2) is 0 Å². The number of carbonyl (C=O) groups is 2. The number of carboxylic acid groups (broad SMARTS) is 1. The van der Waals surface area contributed by atoms with Gasteiger partial charge in [0.25, 0.3) is 0 Å². The Bertz CT molecular complexity index is 861. The minimum Gasteiger partial charge on any atom is -0.480 e. The van der Waals surface area contributed by atoms with Crippen molar-refractivity contribution in [3.05, 3.63) is 35.0 Å². The molecule has 9 heteroatoms.